The van der Waals surface area contributed by atoms with Gasteiger partial charge in [-0.25, -0.2) is 4.98 Å². The quantitative estimate of drug-likeness (QED) is 0.880. The first-order chi connectivity index (χ1) is 9.35. The van der Waals surface area contributed by atoms with Gasteiger partial charge in [-0.05, 0) is 37.9 Å². The molecule has 0 aliphatic carbocycles. The second-order valence-electron chi connectivity index (χ2n) is 5.08. The summed E-state index contributed by atoms with van der Waals surface area (Å²) in [5.74, 6) is 0. The van der Waals surface area contributed by atoms with Crippen molar-refractivity contribution in [1.29, 1.82) is 5.26 Å². The van der Waals surface area contributed by atoms with E-state index in [-0.39, 0.29) is 0 Å². The highest BCUT2D eigenvalue weighted by molar-refractivity contribution is 5.55. The van der Waals surface area contributed by atoms with Crippen LogP contribution in [0.15, 0.2) is 18.3 Å². The van der Waals surface area contributed by atoms with Crippen LogP contribution in [0.25, 0.3) is 0 Å². The van der Waals surface area contributed by atoms with E-state index in [1.54, 1.807) is 6.20 Å². The van der Waals surface area contributed by atoms with Crippen molar-refractivity contribution in [3.63, 3.8) is 0 Å². The molecule has 102 valence electrons. The lowest BCUT2D eigenvalue weighted by Crippen LogP contribution is -2.44. The molecule has 1 aromatic rings. The van der Waals surface area contributed by atoms with Crippen LogP contribution in [0.2, 0.25) is 0 Å². The highest BCUT2D eigenvalue weighted by Crippen LogP contribution is 2.19. The van der Waals surface area contributed by atoms with Gasteiger partial charge >= 0.3 is 0 Å². The molecule has 4 nitrogen and oxygen atoms in total. The van der Waals surface area contributed by atoms with Crippen molar-refractivity contribution < 1.29 is 0 Å². The van der Waals surface area contributed by atoms with Crippen LogP contribution in [0, 0.1) is 11.3 Å². The number of nitriles is 1. The molecule has 0 bridgehead atoms. The fraction of sp³-hybridized carbons (Fsp3) is 0.600. The molecule has 1 fully saturated rings. The summed E-state index contributed by atoms with van der Waals surface area (Å²) in [6.45, 7) is 5.22. The average Bonchev–Trinajstić information content (AvgIpc) is 2.48. The number of hydrogen-bond donors (Lipinski definition) is 1. The van der Waals surface area contributed by atoms with Crippen molar-refractivity contribution in [2.45, 2.75) is 38.6 Å². The van der Waals surface area contributed by atoms with Gasteiger partial charge in [0.05, 0.1) is 5.69 Å². The van der Waals surface area contributed by atoms with Crippen LogP contribution >= 0.6 is 0 Å². The second-order valence-corrected chi connectivity index (χ2v) is 5.08. The second kappa shape index (κ2) is 7.10. The number of pyridine rings is 1. The molecule has 1 aliphatic rings. The highest BCUT2D eigenvalue weighted by atomic mass is 15.2. The summed E-state index contributed by atoms with van der Waals surface area (Å²) < 4.78 is 0. The van der Waals surface area contributed by atoms with Gasteiger partial charge in [0.1, 0.15) is 6.07 Å². The van der Waals surface area contributed by atoms with Crippen LogP contribution in [0.3, 0.4) is 0 Å². The fourth-order valence-electron chi connectivity index (χ4n) is 2.66. The van der Waals surface area contributed by atoms with Gasteiger partial charge in [0, 0.05) is 25.3 Å². The lowest BCUT2D eigenvalue weighted by Gasteiger charge is -2.32. The number of hydrogen-bond acceptors (Lipinski definition) is 4. The van der Waals surface area contributed by atoms with Crippen molar-refractivity contribution in [3.05, 3.63) is 24.0 Å². The molecule has 0 radical (unpaired) electrons. The zero-order valence-electron chi connectivity index (χ0n) is 11.6. The molecule has 1 saturated heterocycles. The molecule has 4 heteroatoms. The standard InChI is InChI=1S/C15H22N4/c1-2-10-19(12-13-6-3-4-8-17-13)15-7-5-9-18-14(15)11-16/h5,7,9,13,17H,2-4,6,8,10,12H2,1H3. The smallest absolute Gasteiger partial charge is 0.163 e. The zero-order chi connectivity index (χ0) is 13.5. The normalized spacial score (nSPS) is 18.8. The van der Waals surface area contributed by atoms with E-state index in [0.29, 0.717) is 11.7 Å². The van der Waals surface area contributed by atoms with Gasteiger partial charge in [0.2, 0.25) is 0 Å². The van der Waals surface area contributed by atoms with Crippen LogP contribution in [0.4, 0.5) is 5.69 Å². The first-order valence-corrected chi connectivity index (χ1v) is 7.18. The Labute approximate surface area is 115 Å². The molecular formula is C15H22N4. The van der Waals surface area contributed by atoms with Crippen LogP contribution in [0.5, 0.6) is 0 Å². The number of rotatable bonds is 5. The van der Waals surface area contributed by atoms with Crippen molar-refractivity contribution >= 4 is 5.69 Å². The summed E-state index contributed by atoms with van der Waals surface area (Å²) in [6, 6.07) is 6.65. The van der Waals surface area contributed by atoms with Crippen LogP contribution in [-0.2, 0) is 0 Å². The Morgan fingerprint density at radius 1 is 1.53 bits per heavy atom. The predicted molar refractivity (Wildman–Crippen MR) is 77.1 cm³/mol. The minimum Gasteiger partial charge on any atom is -0.368 e. The molecule has 2 heterocycles. The molecule has 1 atom stereocenters. The molecule has 1 aliphatic heterocycles. The summed E-state index contributed by atoms with van der Waals surface area (Å²) in [6.07, 6.45) is 6.57. The molecule has 1 aromatic heterocycles. The van der Waals surface area contributed by atoms with Crippen molar-refractivity contribution in [2.24, 2.45) is 0 Å². The van der Waals surface area contributed by atoms with Crippen LogP contribution in [0.1, 0.15) is 38.3 Å². The maximum absolute atomic E-state index is 9.19. The topological polar surface area (TPSA) is 52.0 Å². The summed E-state index contributed by atoms with van der Waals surface area (Å²) in [4.78, 5) is 6.47. The number of nitrogens with zero attached hydrogens (tertiary/aromatic N) is 3. The summed E-state index contributed by atoms with van der Waals surface area (Å²) in [5, 5.41) is 12.8. The average molecular weight is 258 g/mol. The van der Waals surface area contributed by atoms with Gasteiger partial charge in [-0.3, -0.25) is 0 Å². The van der Waals surface area contributed by atoms with Gasteiger partial charge in [0.25, 0.3) is 0 Å². The SMILES string of the molecule is CCCN(CC1CCCCN1)c1cccnc1C#N. The van der Waals surface area contributed by atoms with E-state index in [1.165, 1.54) is 19.3 Å². The lowest BCUT2D eigenvalue weighted by atomic mass is 10.0. The molecule has 0 aromatic carbocycles. The molecule has 0 amide bonds. The molecule has 1 N–H and O–H groups in total. The minimum atomic E-state index is 0.534. The molecule has 0 saturated carbocycles. The molecule has 19 heavy (non-hydrogen) atoms. The third kappa shape index (κ3) is 3.68. The maximum Gasteiger partial charge on any atom is 0.163 e. The van der Waals surface area contributed by atoms with Gasteiger partial charge in [0.15, 0.2) is 5.69 Å². The molecule has 0 spiro atoms. The third-order valence-corrected chi connectivity index (χ3v) is 3.58. The Bertz CT molecular complexity index is 432. The highest BCUT2D eigenvalue weighted by Gasteiger charge is 2.18. The van der Waals surface area contributed by atoms with Crippen LogP contribution < -0.4 is 10.2 Å². The zero-order valence-corrected chi connectivity index (χ0v) is 11.6. The number of nitrogens with one attached hydrogen (secondary N) is 1. The Kier molecular flexibility index (Phi) is 5.17. The van der Waals surface area contributed by atoms with E-state index in [9.17, 15) is 5.26 Å². The third-order valence-electron chi connectivity index (χ3n) is 3.58. The number of anilines is 1. The summed E-state index contributed by atoms with van der Waals surface area (Å²) >= 11 is 0. The van der Waals surface area contributed by atoms with E-state index in [0.717, 1.165) is 31.7 Å². The van der Waals surface area contributed by atoms with Gasteiger partial charge in [-0.15, -0.1) is 0 Å². The fourth-order valence-corrected chi connectivity index (χ4v) is 2.66. The minimum absolute atomic E-state index is 0.534. The summed E-state index contributed by atoms with van der Waals surface area (Å²) in [7, 11) is 0. The van der Waals surface area contributed by atoms with E-state index in [1.807, 2.05) is 12.1 Å². The monoisotopic (exact) mass is 258 g/mol. The largest absolute Gasteiger partial charge is 0.368 e. The molecule has 1 unspecified atom stereocenters. The van der Waals surface area contributed by atoms with E-state index in [2.05, 4.69) is 28.2 Å². The molecular weight excluding hydrogens is 236 g/mol. The summed E-state index contributed by atoms with van der Waals surface area (Å²) in [5.41, 5.74) is 1.51. The van der Waals surface area contributed by atoms with Crippen molar-refractivity contribution in [3.8, 4) is 6.07 Å². The van der Waals surface area contributed by atoms with Crippen molar-refractivity contribution in [2.75, 3.05) is 24.5 Å². The van der Waals surface area contributed by atoms with Crippen LogP contribution in [-0.4, -0.2) is 30.7 Å². The van der Waals surface area contributed by atoms with E-state index < -0.39 is 0 Å². The Morgan fingerprint density at radius 2 is 2.42 bits per heavy atom. The Balaban J connectivity index is 2.12. The van der Waals surface area contributed by atoms with Gasteiger partial charge in [-0.2, -0.15) is 5.26 Å². The Morgan fingerprint density at radius 3 is 3.11 bits per heavy atom. The number of piperidine rings is 1. The van der Waals surface area contributed by atoms with Gasteiger partial charge in [-0.1, -0.05) is 13.3 Å². The molecule has 2 rings (SSSR count). The lowest BCUT2D eigenvalue weighted by molar-refractivity contribution is 0.399. The first-order valence-electron chi connectivity index (χ1n) is 7.18. The first kappa shape index (κ1) is 13.8. The predicted octanol–water partition coefficient (Wildman–Crippen LogP) is 2.31. The number of aromatic nitrogens is 1. The van der Waals surface area contributed by atoms with E-state index >= 15 is 0 Å². The van der Waals surface area contributed by atoms with Crippen molar-refractivity contribution in [1.82, 2.24) is 10.3 Å². The maximum atomic E-state index is 9.19. The van der Waals surface area contributed by atoms with E-state index in [4.69, 9.17) is 0 Å². The van der Waals surface area contributed by atoms with Gasteiger partial charge < -0.3 is 10.2 Å². The Hall–Kier alpha value is -1.60.